The zero-order chi connectivity index (χ0) is 14.5. The van der Waals surface area contributed by atoms with E-state index in [4.69, 9.17) is 0 Å². The monoisotopic (exact) mass is 279 g/mol. The first-order valence-corrected chi connectivity index (χ1v) is 7.90. The largest absolute Gasteiger partial charge is 0.314 e. The Bertz CT molecular complexity index is 399. The Hall–Kier alpha value is -0.940. The zero-order valence-corrected chi connectivity index (χ0v) is 13.3. The van der Waals surface area contributed by atoms with Crippen LogP contribution in [0.4, 0.5) is 0 Å². The fourth-order valence-electron chi connectivity index (χ4n) is 2.88. The van der Waals surface area contributed by atoms with Crippen molar-refractivity contribution in [2.24, 2.45) is 5.92 Å². The van der Waals surface area contributed by atoms with E-state index < -0.39 is 0 Å². The second-order valence-corrected chi connectivity index (χ2v) is 6.52. The second-order valence-electron chi connectivity index (χ2n) is 6.52. The van der Waals surface area contributed by atoms with Gasteiger partial charge in [0, 0.05) is 18.6 Å². The molecule has 1 unspecified atom stereocenters. The molecule has 1 N–H and O–H groups in total. The molecule has 1 aliphatic rings. The fourth-order valence-corrected chi connectivity index (χ4v) is 2.88. The first-order chi connectivity index (χ1) is 9.56. The van der Waals surface area contributed by atoms with E-state index in [0.717, 1.165) is 24.8 Å². The third kappa shape index (κ3) is 4.28. The summed E-state index contributed by atoms with van der Waals surface area (Å²) in [6, 6.07) is 0.963. The molecule has 0 bridgehead atoms. The Morgan fingerprint density at radius 2 is 2.15 bits per heavy atom. The molecule has 5 heteroatoms. The lowest BCUT2D eigenvalue weighted by Crippen LogP contribution is -2.41. The van der Waals surface area contributed by atoms with Crippen LogP contribution >= 0.6 is 0 Å². The topological polar surface area (TPSA) is 46.0 Å². The van der Waals surface area contributed by atoms with Gasteiger partial charge in [-0.25, -0.2) is 9.67 Å². The van der Waals surface area contributed by atoms with Crippen molar-refractivity contribution >= 4 is 0 Å². The van der Waals surface area contributed by atoms with Crippen LogP contribution in [0, 0.1) is 5.92 Å². The van der Waals surface area contributed by atoms with Gasteiger partial charge >= 0.3 is 0 Å². The third-order valence-electron chi connectivity index (χ3n) is 3.92. The highest BCUT2D eigenvalue weighted by Crippen LogP contribution is 2.18. The van der Waals surface area contributed by atoms with E-state index in [1.54, 1.807) is 6.33 Å². The third-order valence-corrected chi connectivity index (χ3v) is 3.92. The van der Waals surface area contributed by atoms with E-state index in [1.165, 1.54) is 25.9 Å². The minimum absolute atomic E-state index is 0.385. The molecule has 0 aromatic carbocycles. The molecular weight excluding hydrogens is 250 g/mol. The summed E-state index contributed by atoms with van der Waals surface area (Å²) in [6.45, 7) is 13.2. The Labute approximate surface area is 122 Å². The average molecular weight is 279 g/mol. The number of aromatic nitrogens is 3. The quantitative estimate of drug-likeness (QED) is 0.866. The van der Waals surface area contributed by atoms with Crippen LogP contribution < -0.4 is 5.32 Å². The Balaban J connectivity index is 1.87. The van der Waals surface area contributed by atoms with Crippen molar-refractivity contribution in [3.63, 3.8) is 0 Å². The van der Waals surface area contributed by atoms with Crippen molar-refractivity contribution < 1.29 is 0 Å². The molecule has 1 aliphatic heterocycles. The van der Waals surface area contributed by atoms with Crippen molar-refractivity contribution in [1.82, 2.24) is 25.0 Å². The summed E-state index contributed by atoms with van der Waals surface area (Å²) in [7, 11) is 0. The van der Waals surface area contributed by atoms with E-state index in [1.807, 2.05) is 4.68 Å². The minimum Gasteiger partial charge on any atom is -0.314 e. The van der Waals surface area contributed by atoms with Crippen LogP contribution in [0.15, 0.2) is 6.33 Å². The van der Waals surface area contributed by atoms with E-state index in [-0.39, 0.29) is 0 Å². The number of piperidine rings is 1. The Morgan fingerprint density at radius 3 is 2.85 bits per heavy atom. The molecule has 114 valence electrons. The smallest absolute Gasteiger partial charge is 0.141 e. The van der Waals surface area contributed by atoms with E-state index in [0.29, 0.717) is 12.1 Å². The van der Waals surface area contributed by atoms with Crippen molar-refractivity contribution in [2.75, 3.05) is 19.6 Å². The van der Waals surface area contributed by atoms with E-state index >= 15 is 0 Å². The van der Waals surface area contributed by atoms with Crippen LogP contribution in [-0.2, 0) is 6.54 Å². The first kappa shape index (κ1) is 15.4. The van der Waals surface area contributed by atoms with E-state index in [2.05, 4.69) is 48.0 Å². The predicted octanol–water partition coefficient (Wildman–Crippen LogP) is 2.07. The van der Waals surface area contributed by atoms with Gasteiger partial charge in [-0.2, -0.15) is 5.10 Å². The molecule has 20 heavy (non-hydrogen) atoms. The highest BCUT2D eigenvalue weighted by molar-refractivity contribution is 4.88. The van der Waals surface area contributed by atoms with Crippen molar-refractivity contribution in [3.05, 3.63) is 12.2 Å². The van der Waals surface area contributed by atoms with Crippen LogP contribution in [-0.4, -0.2) is 45.3 Å². The number of hydrogen-bond donors (Lipinski definition) is 1. The lowest BCUT2D eigenvalue weighted by Gasteiger charge is -2.33. The SMILES string of the molecule is CC(C)NCC1CCCN(Cc2ncnn2C(C)C)C1. The molecule has 5 nitrogen and oxygen atoms in total. The fraction of sp³-hybridized carbons (Fsp3) is 0.867. The number of rotatable bonds is 6. The maximum Gasteiger partial charge on any atom is 0.141 e. The van der Waals surface area contributed by atoms with Crippen LogP contribution in [0.5, 0.6) is 0 Å². The summed E-state index contributed by atoms with van der Waals surface area (Å²) in [5.74, 6) is 1.86. The van der Waals surface area contributed by atoms with Gasteiger partial charge in [-0.3, -0.25) is 4.90 Å². The summed E-state index contributed by atoms with van der Waals surface area (Å²) >= 11 is 0. The standard InChI is InChI=1S/C15H29N5/c1-12(2)16-8-14-6-5-7-19(9-14)10-15-17-11-18-20(15)13(3)4/h11-14,16H,5-10H2,1-4H3. The van der Waals surface area contributed by atoms with Crippen LogP contribution in [0.2, 0.25) is 0 Å². The van der Waals surface area contributed by atoms with Gasteiger partial charge in [-0.15, -0.1) is 0 Å². The summed E-state index contributed by atoms with van der Waals surface area (Å²) in [4.78, 5) is 6.95. The molecule has 0 aliphatic carbocycles. The first-order valence-electron chi connectivity index (χ1n) is 7.90. The minimum atomic E-state index is 0.385. The molecule has 0 saturated carbocycles. The van der Waals surface area contributed by atoms with Crippen molar-refractivity contribution in [3.8, 4) is 0 Å². The van der Waals surface area contributed by atoms with Gasteiger partial charge in [0.25, 0.3) is 0 Å². The Morgan fingerprint density at radius 1 is 1.35 bits per heavy atom. The molecule has 1 fully saturated rings. The van der Waals surface area contributed by atoms with Crippen molar-refractivity contribution in [1.29, 1.82) is 0 Å². The summed E-state index contributed by atoms with van der Waals surface area (Å²) in [6.07, 6.45) is 4.31. The molecule has 0 radical (unpaired) electrons. The van der Waals surface area contributed by atoms with E-state index in [9.17, 15) is 0 Å². The molecule has 1 aromatic rings. The van der Waals surface area contributed by atoms with Gasteiger partial charge in [-0.1, -0.05) is 13.8 Å². The summed E-state index contributed by atoms with van der Waals surface area (Å²) < 4.78 is 2.04. The maximum absolute atomic E-state index is 4.43. The summed E-state index contributed by atoms with van der Waals surface area (Å²) in [5.41, 5.74) is 0. The molecule has 1 aromatic heterocycles. The predicted molar refractivity (Wildman–Crippen MR) is 81.5 cm³/mol. The van der Waals surface area contributed by atoms with Crippen LogP contribution in [0.25, 0.3) is 0 Å². The lowest BCUT2D eigenvalue weighted by molar-refractivity contribution is 0.157. The molecule has 1 saturated heterocycles. The number of likely N-dealkylation sites (tertiary alicyclic amines) is 1. The van der Waals surface area contributed by atoms with Gasteiger partial charge in [-0.05, 0) is 45.7 Å². The molecule has 1 atom stereocenters. The van der Waals surface area contributed by atoms with Crippen LogP contribution in [0.1, 0.15) is 52.4 Å². The zero-order valence-electron chi connectivity index (χ0n) is 13.3. The molecule has 0 amide bonds. The average Bonchev–Trinajstić information content (AvgIpc) is 2.85. The lowest BCUT2D eigenvalue weighted by atomic mass is 9.97. The highest BCUT2D eigenvalue weighted by atomic mass is 15.4. The van der Waals surface area contributed by atoms with Gasteiger partial charge in [0.2, 0.25) is 0 Å². The van der Waals surface area contributed by atoms with Gasteiger partial charge in [0.05, 0.1) is 6.54 Å². The number of nitrogens with zero attached hydrogens (tertiary/aromatic N) is 4. The molecule has 2 rings (SSSR count). The van der Waals surface area contributed by atoms with Crippen LogP contribution in [0.3, 0.4) is 0 Å². The second kappa shape index (κ2) is 7.18. The highest BCUT2D eigenvalue weighted by Gasteiger charge is 2.21. The number of nitrogens with one attached hydrogen (secondary N) is 1. The number of hydrogen-bond acceptors (Lipinski definition) is 4. The van der Waals surface area contributed by atoms with Gasteiger partial charge < -0.3 is 5.32 Å². The van der Waals surface area contributed by atoms with Gasteiger partial charge in [0.15, 0.2) is 0 Å². The Kier molecular flexibility index (Phi) is 5.54. The molecule has 2 heterocycles. The maximum atomic E-state index is 4.43. The normalized spacial score (nSPS) is 21.0. The van der Waals surface area contributed by atoms with Gasteiger partial charge in [0.1, 0.15) is 12.2 Å². The van der Waals surface area contributed by atoms with Crippen molar-refractivity contribution in [2.45, 2.75) is 59.2 Å². The molecule has 0 spiro atoms. The molecular formula is C15H29N5. The summed E-state index contributed by atoms with van der Waals surface area (Å²) in [5, 5.41) is 7.89.